The fourth-order valence-corrected chi connectivity index (χ4v) is 3.53. The molecular weight excluding hydrogens is 310 g/mol. The molecule has 1 rings (SSSR count). The molecule has 1 saturated carbocycles. The summed E-state index contributed by atoms with van der Waals surface area (Å²) in [6, 6.07) is 0.00631. The summed E-state index contributed by atoms with van der Waals surface area (Å²) < 4.78 is 0. The van der Waals surface area contributed by atoms with Gasteiger partial charge in [-0.15, -0.1) is 0 Å². The van der Waals surface area contributed by atoms with Crippen LogP contribution in [0.25, 0.3) is 0 Å². The van der Waals surface area contributed by atoms with Gasteiger partial charge in [0.25, 0.3) is 0 Å². The van der Waals surface area contributed by atoms with Gasteiger partial charge in [0.05, 0.1) is 0 Å². The Bertz CT molecular complexity index is 358. The molecule has 0 radical (unpaired) electrons. The van der Waals surface area contributed by atoms with Crippen molar-refractivity contribution in [3.05, 3.63) is 0 Å². The average molecular weight is 344 g/mol. The minimum Gasteiger partial charge on any atom is -0.337 e. The van der Waals surface area contributed by atoms with E-state index in [0.29, 0.717) is 18.8 Å². The number of likely N-dealkylation sites (N-methyl/N-ethyl adjacent to an activating group) is 1. The van der Waals surface area contributed by atoms with Crippen molar-refractivity contribution in [3.63, 3.8) is 0 Å². The lowest BCUT2D eigenvalue weighted by Gasteiger charge is -2.27. The highest BCUT2D eigenvalue weighted by atomic mass is 32.2. The van der Waals surface area contributed by atoms with Crippen LogP contribution < -0.4 is 5.32 Å². The number of hydrogen-bond acceptors (Lipinski definition) is 4. The number of nitrogens with one attached hydrogen (secondary N) is 1. The summed E-state index contributed by atoms with van der Waals surface area (Å²) in [7, 11) is 3.99. The Labute approximate surface area is 145 Å². The first-order valence-corrected chi connectivity index (χ1v) is 9.78. The van der Waals surface area contributed by atoms with Crippen LogP contribution in [-0.2, 0) is 4.79 Å². The Balaban J connectivity index is 2.39. The van der Waals surface area contributed by atoms with Gasteiger partial charge in [0.1, 0.15) is 0 Å². The Morgan fingerprint density at radius 3 is 2.39 bits per heavy atom. The fourth-order valence-electron chi connectivity index (χ4n) is 2.93. The first kappa shape index (κ1) is 20.3. The van der Waals surface area contributed by atoms with Crippen LogP contribution >= 0.6 is 11.8 Å². The lowest BCUT2D eigenvalue weighted by molar-refractivity contribution is -0.109. The van der Waals surface area contributed by atoms with Gasteiger partial charge in [-0.1, -0.05) is 43.9 Å². The summed E-state index contributed by atoms with van der Waals surface area (Å²) in [5.41, 5.74) is 0. The van der Waals surface area contributed by atoms with Crippen molar-refractivity contribution in [3.8, 4) is 0 Å². The molecule has 23 heavy (non-hydrogen) atoms. The van der Waals surface area contributed by atoms with Gasteiger partial charge in [0.15, 0.2) is 5.12 Å². The van der Waals surface area contributed by atoms with Crippen molar-refractivity contribution in [1.29, 1.82) is 0 Å². The van der Waals surface area contributed by atoms with Crippen molar-refractivity contribution in [2.75, 3.05) is 46.0 Å². The van der Waals surface area contributed by atoms with E-state index >= 15 is 0 Å². The average Bonchev–Trinajstić information content (AvgIpc) is 2.50. The zero-order valence-corrected chi connectivity index (χ0v) is 15.8. The summed E-state index contributed by atoms with van der Waals surface area (Å²) >= 11 is 1.30. The molecule has 0 spiro atoms. The van der Waals surface area contributed by atoms with Crippen molar-refractivity contribution in [2.24, 2.45) is 5.92 Å². The van der Waals surface area contributed by atoms with Crippen molar-refractivity contribution in [2.45, 2.75) is 45.4 Å². The van der Waals surface area contributed by atoms with Crippen LogP contribution in [0.2, 0.25) is 0 Å². The molecule has 0 atom stereocenters. The molecule has 0 aliphatic heterocycles. The SMILES string of the molecule is CC(=O)SCCN(CCC1CCCCC1)C(=O)NCCN(C)C. The smallest absolute Gasteiger partial charge is 0.317 e. The van der Waals surface area contributed by atoms with Crippen molar-refractivity contribution >= 4 is 22.9 Å². The summed E-state index contributed by atoms with van der Waals surface area (Å²) in [6.45, 7) is 4.52. The van der Waals surface area contributed by atoms with Crippen LogP contribution in [0, 0.1) is 5.92 Å². The molecule has 134 valence electrons. The second-order valence-corrected chi connectivity index (χ2v) is 7.93. The van der Waals surface area contributed by atoms with E-state index in [1.165, 1.54) is 43.9 Å². The van der Waals surface area contributed by atoms with Gasteiger partial charge in [-0.2, -0.15) is 0 Å². The molecule has 1 aliphatic carbocycles. The van der Waals surface area contributed by atoms with Gasteiger partial charge < -0.3 is 15.1 Å². The summed E-state index contributed by atoms with van der Waals surface area (Å²) in [5.74, 6) is 1.45. The number of carbonyl (C=O) groups is 2. The lowest BCUT2D eigenvalue weighted by atomic mass is 9.87. The van der Waals surface area contributed by atoms with E-state index in [1.54, 1.807) is 6.92 Å². The molecule has 1 fully saturated rings. The van der Waals surface area contributed by atoms with E-state index in [9.17, 15) is 9.59 Å². The predicted octanol–water partition coefficient (Wildman–Crippen LogP) is 2.81. The molecule has 0 heterocycles. The maximum atomic E-state index is 12.4. The van der Waals surface area contributed by atoms with E-state index in [1.807, 2.05) is 19.0 Å². The maximum Gasteiger partial charge on any atom is 0.317 e. The predicted molar refractivity (Wildman–Crippen MR) is 97.9 cm³/mol. The zero-order chi connectivity index (χ0) is 17.1. The van der Waals surface area contributed by atoms with Gasteiger partial charge in [-0.05, 0) is 26.4 Å². The van der Waals surface area contributed by atoms with E-state index in [4.69, 9.17) is 0 Å². The highest BCUT2D eigenvalue weighted by molar-refractivity contribution is 8.13. The summed E-state index contributed by atoms with van der Waals surface area (Å²) in [6.07, 6.45) is 7.72. The number of rotatable bonds is 9. The third-order valence-corrected chi connectivity index (χ3v) is 5.11. The van der Waals surface area contributed by atoms with Crippen LogP contribution in [0.15, 0.2) is 0 Å². The highest BCUT2D eigenvalue weighted by Gasteiger charge is 2.18. The molecule has 1 N–H and O–H groups in total. The monoisotopic (exact) mass is 343 g/mol. The third-order valence-electron chi connectivity index (χ3n) is 4.32. The lowest BCUT2D eigenvalue weighted by Crippen LogP contribution is -2.44. The van der Waals surface area contributed by atoms with Gasteiger partial charge in [0, 0.05) is 38.9 Å². The topological polar surface area (TPSA) is 52.7 Å². The van der Waals surface area contributed by atoms with E-state index in [2.05, 4.69) is 10.2 Å². The first-order chi connectivity index (χ1) is 11.0. The Morgan fingerprint density at radius 2 is 1.78 bits per heavy atom. The van der Waals surface area contributed by atoms with Gasteiger partial charge in [0.2, 0.25) is 0 Å². The quantitative estimate of drug-likeness (QED) is 0.699. The standard InChI is InChI=1S/C17H33N3O2S/c1-15(21)23-14-13-20(17(22)18-10-12-19(2)3)11-9-16-7-5-4-6-8-16/h16H,4-14H2,1-3H3,(H,18,22). The molecular formula is C17H33N3O2S. The molecule has 0 aromatic heterocycles. The van der Waals surface area contributed by atoms with Gasteiger partial charge in [-0.25, -0.2) is 4.79 Å². The van der Waals surface area contributed by atoms with E-state index in [0.717, 1.165) is 25.4 Å². The Kier molecular flexibility index (Phi) is 10.4. The second kappa shape index (κ2) is 11.7. The first-order valence-electron chi connectivity index (χ1n) is 8.80. The molecule has 0 aromatic rings. The number of amides is 2. The third kappa shape index (κ3) is 9.87. The Hall–Kier alpha value is -0.750. The van der Waals surface area contributed by atoms with Crippen LogP contribution in [0.1, 0.15) is 45.4 Å². The highest BCUT2D eigenvalue weighted by Crippen LogP contribution is 2.26. The minimum atomic E-state index is 0.00631. The second-order valence-electron chi connectivity index (χ2n) is 6.66. The number of hydrogen-bond donors (Lipinski definition) is 1. The Morgan fingerprint density at radius 1 is 1.09 bits per heavy atom. The normalized spacial score (nSPS) is 15.7. The number of nitrogens with zero attached hydrogens (tertiary/aromatic N) is 2. The molecule has 1 aliphatic rings. The van der Waals surface area contributed by atoms with Crippen LogP contribution in [0.4, 0.5) is 4.79 Å². The molecule has 0 bridgehead atoms. The molecule has 5 nitrogen and oxygen atoms in total. The van der Waals surface area contributed by atoms with Crippen molar-refractivity contribution < 1.29 is 9.59 Å². The molecule has 2 amide bonds. The van der Waals surface area contributed by atoms with Gasteiger partial charge >= 0.3 is 6.03 Å². The van der Waals surface area contributed by atoms with E-state index < -0.39 is 0 Å². The summed E-state index contributed by atoms with van der Waals surface area (Å²) in [5, 5.41) is 3.11. The molecule has 6 heteroatoms. The number of carbonyl (C=O) groups excluding carboxylic acids is 2. The molecule has 0 saturated heterocycles. The van der Waals surface area contributed by atoms with Crippen LogP contribution in [0.5, 0.6) is 0 Å². The number of urea groups is 1. The van der Waals surface area contributed by atoms with E-state index in [-0.39, 0.29) is 11.1 Å². The minimum absolute atomic E-state index is 0.00631. The fraction of sp³-hybridized carbons (Fsp3) is 0.882. The maximum absolute atomic E-state index is 12.4. The number of thioether (sulfide) groups is 1. The molecule has 0 unspecified atom stereocenters. The van der Waals surface area contributed by atoms with Crippen LogP contribution in [-0.4, -0.2) is 67.0 Å². The van der Waals surface area contributed by atoms with Crippen LogP contribution in [0.3, 0.4) is 0 Å². The zero-order valence-electron chi connectivity index (χ0n) is 15.0. The van der Waals surface area contributed by atoms with Crippen molar-refractivity contribution in [1.82, 2.24) is 15.1 Å². The van der Waals surface area contributed by atoms with Gasteiger partial charge in [-0.3, -0.25) is 4.79 Å². The molecule has 0 aromatic carbocycles. The largest absolute Gasteiger partial charge is 0.337 e. The summed E-state index contributed by atoms with van der Waals surface area (Å²) in [4.78, 5) is 27.4.